The van der Waals surface area contributed by atoms with Gasteiger partial charge in [-0.25, -0.2) is 0 Å². The van der Waals surface area contributed by atoms with Crippen molar-refractivity contribution in [1.82, 2.24) is 20.0 Å². The number of hydrogen-bond donors (Lipinski definition) is 1. The molecule has 1 aliphatic carbocycles. The van der Waals surface area contributed by atoms with Crippen molar-refractivity contribution in [2.75, 3.05) is 37.2 Å². The van der Waals surface area contributed by atoms with Gasteiger partial charge in [0.25, 0.3) is 0 Å². The van der Waals surface area contributed by atoms with Gasteiger partial charge in [-0.1, -0.05) is 23.1 Å². The van der Waals surface area contributed by atoms with Gasteiger partial charge in [0.1, 0.15) is 0 Å². The van der Waals surface area contributed by atoms with Gasteiger partial charge in [0, 0.05) is 39.1 Å². The van der Waals surface area contributed by atoms with E-state index in [4.69, 9.17) is 0 Å². The van der Waals surface area contributed by atoms with Crippen LogP contribution in [0.3, 0.4) is 0 Å². The zero-order valence-electron chi connectivity index (χ0n) is 12.4. The molecule has 1 aromatic rings. The highest BCUT2D eigenvalue weighted by molar-refractivity contribution is 8.01. The smallest absolute Gasteiger partial charge is 0.233 e. The molecule has 0 aromatic carbocycles. The number of hydrogen-bond acceptors (Lipinski definition) is 7. The van der Waals surface area contributed by atoms with Crippen molar-refractivity contribution < 1.29 is 9.59 Å². The van der Waals surface area contributed by atoms with E-state index >= 15 is 0 Å². The van der Waals surface area contributed by atoms with Crippen molar-refractivity contribution in [1.29, 1.82) is 0 Å². The summed E-state index contributed by atoms with van der Waals surface area (Å²) >= 11 is 2.93. The first-order valence-electron chi connectivity index (χ1n) is 7.38. The van der Waals surface area contributed by atoms with Crippen molar-refractivity contribution in [2.24, 2.45) is 0 Å². The van der Waals surface area contributed by atoms with Crippen LogP contribution in [0.25, 0.3) is 0 Å². The SMILES string of the molecule is CC(=O)N1CCN(C(=O)CSc2nnc(NC3CC3)s2)CC1. The average molecular weight is 341 g/mol. The van der Waals surface area contributed by atoms with Crippen LogP contribution in [-0.4, -0.2) is 69.8 Å². The highest BCUT2D eigenvalue weighted by atomic mass is 32.2. The summed E-state index contributed by atoms with van der Waals surface area (Å²) in [5.41, 5.74) is 0. The van der Waals surface area contributed by atoms with Crippen LogP contribution in [0.4, 0.5) is 5.13 Å². The first kappa shape index (κ1) is 15.5. The minimum atomic E-state index is 0.0750. The Kier molecular flexibility index (Phi) is 4.82. The molecule has 9 heteroatoms. The molecular weight excluding hydrogens is 322 g/mol. The molecular formula is C13H19N5O2S2. The van der Waals surface area contributed by atoms with E-state index in [0.717, 1.165) is 9.47 Å². The molecule has 1 N–H and O–H groups in total. The van der Waals surface area contributed by atoms with Gasteiger partial charge in [-0.2, -0.15) is 0 Å². The Labute approximate surface area is 137 Å². The van der Waals surface area contributed by atoms with Crippen molar-refractivity contribution in [3.63, 3.8) is 0 Å². The minimum Gasteiger partial charge on any atom is -0.357 e. The molecule has 2 heterocycles. The molecule has 22 heavy (non-hydrogen) atoms. The summed E-state index contributed by atoms with van der Waals surface area (Å²) in [5.74, 6) is 0.545. The lowest BCUT2D eigenvalue weighted by Gasteiger charge is -2.34. The predicted molar refractivity (Wildman–Crippen MR) is 86.1 cm³/mol. The first-order valence-corrected chi connectivity index (χ1v) is 9.18. The number of nitrogens with zero attached hydrogens (tertiary/aromatic N) is 4. The molecule has 7 nitrogen and oxygen atoms in total. The van der Waals surface area contributed by atoms with Crippen molar-refractivity contribution in [2.45, 2.75) is 30.1 Å². The number of carbonyl (C=O) groups is 2. The normalized spacial score (nSPS) is 18.4. The van der Waals surface area contributed by atoms with E-state index in [1.807, 2.05) is 4.90 Å². The van der Waals surface area contributed by atoms with E-state index in [1.165, 1.54) is 35.9 Å². The number of nitrogens with one attached hydrogen (secondary N) is 1. The van der Waals surface area contributed by atoms with Crippen LogP contribution in [0.1, 0.15) is 19.8 Å². The number of piperazine rings is 1. The zero-order valence-corrected chi connectivity index (χ0v) is 14.1. The van der Waals surface area contributed by atoms with Gasteiger partial charge in [-0.05, 0) is 12.8 Å². The Morgan fingerprint density at radius 3 is 2.55 bits per heavy atom. The second-order valence-electron chi connectivity index (χ2n) is 5.47. The number of aromatic nitrogens is 2. The maximum Gasteiger partial charge on any atom is 0.233 e. The first-order chi connectivity index (χ1) is 10.6. The lowest BCUT2D eigenvalue weighted by Crippen LogP contribution is -2.50. The number of carbonyl (C=O) groups excluding carboxylic acids is 2. The highest BCUT2D eigenvalue weighted by Gasteiger charge is 2.24. The minimum absolute atomic E-state index is 0.0750. The molecule has 0 unspecified atom stereocenters. The fourth-order valence-electron chi connectivity index (χ4n) is 2.21. The van der Waals surface area contributed by atoms with Crippen LogP contribution >= 0.6 is 23.1 Å². The Morgan fingerprint density at radius 1 is 1.23 bits per heavy atom. The standard InChI is InChI=1S/C13H19N5O2S2/c1-9(19)17-4-6-18(7-5-17)11(20)8-21-13-16-15-12(22-13)14-10-2-3-10/h10H,2-8H2,1H3,(H,14,15). The summed E-state index contributed by atoms with van der Waals surface area (Å²) in [4.78, 5) is 27.0. The van der Waals surface area contributed by atoms with Crippen molar-refractivity contribution in [3.8, 4) is 0 Å². The third-order valence-corrected chi connectivity index (χ3v) is 5.68. The van der Waals surface area contributed by atoms with E-state index in [9.17, 15) is 9.59 Å². The van der Waals surface area contributed by atoms with Gasteiger partial charge < -0.3 is 15.1 Å². The maximum atomic E-state index is 12.2. The summed E-state index contributed by atoms with van der Waals surface area (Å²) in [7, 11) is 0. The van der Waals surface area contributed by atoms with Gasteiger partial charge in [0.15, 0.2) is 4.34 Å². The fourth-order valence-corrected chi connectivity index (χ4v) is 3.95. The Balaban J connectivity index is 1.42. The van der Waals surface area contributed by atoms with Gasteiger partial charge in [-0.3, -0.25) is 9.59 Å². The third kappa shape index (κ3) is 4.10. The fraction of sp³-hybridized carbons (Fsp3) is 0.692. The molecule has 1 saturated heterocycles. The van der Waals surface area contributed by atoms with E-state index in [2.05, 4.69) is 15.5 Å². The Hall–Kier alpha value is -1.35. The topological polar surface area (TPSA) is 78.4 Å². The summed E-state index contributed by atoms with van der Waals surface area (Å²) in [5, 5.41) is 12.3. The van der Waals surface area contributed by atoms with Gasteiger partial charge in [0.2, 0.25) is 16.9 Å². The van der Waals surface area contributed by atoms with Gasteiger partial charge in [0.05, 0.1) is 5.75 Å². The predicted octanol–water partition coefficient (Wildman–Crippen LogP) is 0.895. The van der Waals surface area contributed by atoms with Crippen LogP contribution < -0.4 is 5.32 Å². The van der Waals surface area contributed by atoms with Crippen LogP contribution in [0.5, 0.6) is 0 Å². The molecule has 0 atom stereocenters. The van der Waals surface area contributed by atoms with E-state index in [-0.39, 0.29) is 11.8 Å². The summed E-state index contributed by atoms with van der Waals surface area (Å²) in [6, 6.07) is 0.560. The molecule has 2 aliphatic rings. The molecule has 120 valence electrons. The molecule has 0 spiro atoms. The van der Waals surface area contributed by atoms with Crippen LogP contribution in [0.15, 0.2) is 4.34 Å². The van der Waals surface area contributed by atoms with E-state index in [0.29, 0.717) is 38.0 Å². The van der Waals surface area contributed by atoms with Crippen molar-refractivity contribution >= 4 is 40.0 Å². The lowest BCUT2D eigenvalue weighted by atomic mass is 10.3. The number of thioether (sulfide) groups is 1. The van der Waals surface area contributed by atoms with Gasteiger partial charge in [-0.15, -0.1) is 10.2 Å². The van der Waals surface area contributed by atoms with Crippen LogP contribution in [0, 0.1) is 0 Å². The molecule has 0 bridgehead atoms. The highest BCUT2D eigenvalue weighted by Crippen LogP contribution is 2.30. The zero-order chi connectivity index (χ0) is 15.5. The third-order valence-electron chi connectivity index (χ3n) is 3.71. The van der Waals surface area contributed by atoms with Crippen LogP contribution in [-0.2, 0) is 9.59 Å². The molecule has 1 aliphatic heterocycles. The largest absolute Gasteiger partial charge is 0.357 e. The average Bonchev–Trinajstić information content (AvgIpc) is 3.22. The molecule has 2 amide bonds. The van der Waals surface area contributed by atoms with Gasteiger partial charge >= 0.3 is 0 Å². The molecule has 1 aromatic heterocycles. The van der Waals surface area contributed by atoms with Crippen LogP contribution in [0.2, 0.25) is 0 Å². The molecule has 0 radical (unpaired) electrons. The van der Waals surface area contributed by atoms with E-state index in [1.54, 1.807) is 11.8 Å². The molecule has 3 rings (SSSR count). The number of amides is 2. The second kappa shape index (κ2) is 6.82. The Bertz CT molecular complexity index is 552. The monoisotopic (exact) mass is 341 g/mol. The van der Waals surface area contributed by atoms with E-state index < -0.39 is 0 Å². The maximum absolute atomic E-state index is 12.2. The molecule has 2 fully saturated rings. The summed E-state index contributed by atoms with van der Waals surface area (Å²) in [6.07, 6.45) is 2.40. The lowest BCUT2D eigenvalue weighted by molar-refractivity contribution is -0.136. The molecule has 1 saturated carbocycles. The van der Waals surface area contributed by atoms with Crippen molar-refractivity contribution in [3.05, 3.63) is 0 Å². The summed E-state index contributed by atoms with van der Waals surface area (Å²) in [6.45, 7) is 4.04. The number of anilines is 1. The quantitative estimate of drug-likeness (QED) is 0.802. The number of rotatable bonds is 5. The Morgan fingerprint density at radius 2 is 1.91 bits per heavy atom. The summed E-state index contributed by atoms with van der Waals surface area (Å²) < 4.78 is 0.818. The second-order valence-corrected chi connectivity index (χ2v) is 7.67.